The Kier molecular flexibility index (Phi) is 3.35. The molecule has 3 N–H and O–H groups in total. The van der Waals surface area contributed by atoms with Crippen LogP contribution in [0.4, 0.5) is 0 Å². The van der Waals surface area contributed by atoms with Crippen LogP contribution in [0, 0.1) is 6.92 Å². The molecule has 0 spiro atoms. The Bertz CT molecular complexity index is 575. The van der Waals surface area contributed by atoms with Gasteiger partial charge in [-0.1, -0.05) is 24.3 Å². The third-order valence-corrected chi connectivity index (χ3v) is 2.76. The molecule has 0 radical (unpaired) electrons. The quantitative estimate of drug-likeness (QED) is 0.828. The lowest BCUT2D eigenvalue weighted by molar-refractivity contribution is 0.894. The van der Waals surface area contributed by atoms with E-state index in [4.69, 9.17) is 5.73 Å². The molecular weight excluding hydrogens is 214 g/mol. The van der Waals surface area contributed by atoms with Gasteiger partial charge < -0.3 is 10.7 Å². The van der Waals surface area contributed by atoms with Crippen LogP contribution >= 0.6 is 0 Å². The molecule has 0 aliphatic rings. The Labute approximate surface area is 99.5 Å². The van der Waals surface area contributed by atoms with E-state index in [0.29, 0.717) is 17.8 Å². The van der Waals surface area contributed by atoms with Gasteiger partial charge in [0.2, 0.25) is 0 Å². The molecule has 0 saturated heterocycles. The average molecular weight is 229 g/mol. The fourth-order valence-corrected chi connectivity index (χ4v) is 1.68. The molecule has 0 atom stereocenters. The third-order valence-electron chi connectivity index (χ3n) is 2.76. The van der Waals surface area contributed by atoms with Gasteiger partial charge in [-0.25, -0.2) is 4.98 Å². The molecule has 4 nitrogen and oxygen atoms in total. The Morgan fingerprint density at radius 2 is 2.06 bits per heavy atom. The summed E-state index contributed by atoms with van der Waals surface area (Å²) in [5.41, 5.74) is 8.14. The van der Waals surface area contributed by atoms with Crippen LogP contribution in [-0.2, 0) is 13.0 Å². The fourth-order valence-electron chi connectivity index (χ4n) is 1.68. The van der Waals surface area contributed by atoms with Crippen LogP contribution < -0.4 is 11.3 Å². The Hall–Kier alpha value is -1.94. The lowest BCUT2D eigenvalue weighted by Crippen LogP contribution is -2.19. The Morgan fingerprint density at radius 1 is 1.29 bits per heavy atom. The lowest BCUT2D eigenvalue weighted by Gasteiger charge is -2.05. The molecule has 0 aliphatic heterocycles. The van der Waals surface area contributed by atoms with E-state index in [1.54, 1.807) is 6.20 Å². The Morgan fingerprint density at radius 3 is 2.71 bits per heavy atom. The van der Waals surface area contributed by atoms with Crippen molar-refractivity contribution in [2.45, 2.75) is 19.9 Å². The number of rotatable bonds is 3. The van der Waals surface area contributed by atoms with Crippen LogP contribution in [0.1, 0.15) is 22.5 Å². The van der Waals surface area contributed by atoms with Crippen molar-refractivity contribution in [1.82, 2.24) is 9.97 Å². The number of H-pyrrole nitrogens is 1. The molecule has 88 valence electrons. The first-order valence-corrected chi connectivity index (χ1v) is 5.52. The molecule has 1 aromatic heterocycles. The SMILES string of the molecule is Cc1ccccc1Cc1ncc(CN)c(=O)[nH]1. The molecule has 1 aromatic carbocycles. The molecule has 0 aliphatic carbocycles. The molecule has 0 bridgehead atoms. The molecule has 17 heavy (non-hydrogen) atoms. The van der Waals surface area contributed by atoms with E-state index in [-0.39, 0.29) is 12.1 Å². The van der Waals surface area contributed by atoms with Gasteiger partial charge in [-0.05, 0) is 18.1 Å². The van der Waals surface area contributed by atoms with E-state index in [1.807, 2.05) is 31.2 Å². The minimum atomic E-state index is -0.147. The van der Waals surface area contributed by atoms with E-state index in [9.17, 15) is 4.79 Å². The highest BCUT2D eigenvalue weighted by Crippen LogP contribution is 2.10. The maximum absolute atomic E-state index is 11.6. The molecule has 4 heteroatoms. The first-order valence-electron chi connectivity index (χ1n) is 5.52. The van der Waals surface area contributed by atoms with Crippen molar-refractivity contribution >= 4 is 0 Å². The molecule has 2 rings (SSSR count). The summed E-state index contributed by atoms with van der Waals surface area (Å²) in [7, 11) is 0. The predicted octanol–water partition coefficient (Wildman–Crippen LogP) is 1.13. The van der Waals surface area contributed by atoms with E-state index >= 15 is 0 Å². The molecule has 1 heterocycles. The van der Waals surface area contributed by atoms with Crippen molar-refractivity contribution in [2.24, 2.45) is 5.73 Å². The van der Waals surface area contributed by atoms with Crippen molar-refractivity contribution in [3.05, 3.63) is 63.3 Å². The number of nitrogens with zero attached hydrogens (tertiary/aromatic N) is 1. The van der Waals surface area contributed by atoms with Crippen molar-refractivity contribution in [1.29, 1.82) is 0 Å². The van der Waals surface area contributed by atoms with E-state index in [1.165, 1.54) is 5.56 Å². The Balaban J connectivity index is 2.28. The predicted molar refractivity (Wildman–Crippen MR) is 66.7 cm³/mol. The number of benzene rings is 1. The molecule has 0 unspecified atom stereocenters. The number of aryl methyl sites for hydroxylation is 1. The molecule has 0 amide bonds. The van der Waals surface area contributed by atoms with Crippen LogP contribution in [0.25, 0.3) is 0 Å². The van der Waals surface area contributed by atoms with Crippen LogP contribution in [-0.4, -0.2) is 9.97 Å². The standard InChI is InChI=1S/C13H15N3O/c1-9-4-2-3-5-10(9)6-12-15-8-11(7-14)13(17)16-12/h2-5,8H,6-7,14H2,1H3,(H,15,16,17). The van der Waals surface area contributed by atoms with Gasteiger partial charge in [0.1, 0.15) is 5.82 Å². The summed E-state index contributed by atoms with van der Waals surface area (Å²) >= 11 is 0. The summed E-state index contributed by atoms with van der Waals surface area (Å²) in [4.78, 5) is 18.5. The average Bonchev–Trinajstić information content (AvgIpc) is 2.32. The molecule has 2 aromatic rings. The monoisotopic (exact) mass is 229 g/mol. The molecular formula is C13H15N3O. The van der Waals surface area contributed by atoms with Gasteiger partial charge in [0.05, 0.1) is 0 Å². The van der Waals surface area contributed by atoms with Gasteiger partial charge in [0.15, 0.2) is 0 Å². The summed E-state index contributed by atoms with van der Waals surface area (Å²) in [5.74, 6) is 0.668. The maximum atomic E-state index is 11.6. The number of hydrogen-bond acceptors (Lipinski definition) is 3. The van der Waals surface area contributed by atoms with Crippen LogP contribution in [0.15, 0.2) is 35.3 Å². The van der Waals surface area contributed by atoms with Gasteiger partial charge in [-0.2, -0.15) is 0 Å². The summed E-state index contributed by atoms with van der Waals surface area (Å²) in [6.07, 6.45) is 2.18. The summed E-state index contributed by atoms with van der Waals surface area (Å²) in [5, 5.41) is 0. The molecule has 0 fully saturated rings. The van der Waals surface area contributed by atoms with Gasteiger partial charge in [0.25, 0.3) is 5.56 Å². The first-order chi connectivity index (χ1) is 8.20. The van der Waals surface area contributed by atoms with E-state index in [2.05, 4.69) is 9.97 Å². The second-order valence-corrected chi connectivity index (χ2v) is 3.99. The van der Waals surface area contributed by atoms with Gasteiger partial charge >= 0.3 is 0 Å². The van der Waals surface area contributed by atoms with Crippen LogP contribution in [0.3, 0.4) is 0 Å². The number of aromatic amines is 1. The zero-order chi connectivity index (χ0) is 12.3. The highest BCUT2D eigenvalue weighted by molar-refractivity contribution is 5.28. The van der Waals surface area contributed by atoms with Gasteiger partial charge in [0, 0.05) is 24.7 Å². The topological polar surface area (TPSA) is 71.8 Å². The van der Waals surface area contributed by atoms with Crippen LogP contribution in [0.2, 0.25) is 0 Å². The van der Waals surface area contributed by atoms with Crippen LogP contribution in [0.5, 0.6) is 0 Å². The third kappa shape index (κ3) is 2.60. The van der Waals surface area contributed by atoms with Crippen molar-refractivity contribution in [3.63, 3.8) is 0 Å². The second-order valence-electron chi connectivity index (χ2n) is 3.99. The minimum Gasteiger partial charge on any atom is -0.326 e. The van der Waals surface area contributed by atoms with Gasteiger partial charge in [-0.15, -0.1) is 0 Å². The van der Waals surface area contributed by atoms with Crippen molar-refractivity contribution in [2.75, 3.05) is 0 Å². The smallest absolute Gasteiger partial charge is 0.255 e. The zero-order valence-corrected chi connectivity index (χ0v) is 9.73. The minimum absolute atomic E-state index is 0.147. The maximum Gasteiger partial charge on any atom is 0.255 e. The summed E-state index contributed by atoms with van der Waals surface area (Å²) < 4.78 is 0. The fraction of sp³-hybridized carbons (Fsp3) is 0.231. The second kappa shape index (κ2) is 4.93. The normalized spacial score (nSPS) is 10.5. The summed E-state index contributed by atoms with van der Waals surface area (Å²) in [6, 6.07) is 8.05. The molecule has 0 saturated carbocycles. The van der Waals surface area contributed by atoms with Gasteiger partial charge in [-0.3, -0.25) is 4.79 Å². The van der Waals surface area contributed by atoms with E-state index < -0.39 is 0 Å². The highest BCUT2D eigenvalue weighted by Gasteiger charge is 2.03. The summed E-state index contributed by atoms with van der Waals surface area (Å²) in [6.45, 7) is 2.26. The zero-order valence-electron chi connectivity index (χ0n) is 9.73. The number of hydrogen-bond donors (Lipinski definition) is 2. The number of nitrogens with two attached hydrogens (primary N) is 1. The first kappa shape index (κ1) is 11.5. The lowest BCUT2D eigenvalue weighted by atomic mass is 10.1. The highest BCUT2D eigenvalue weighted by atomic mass is 16.1. The largest absolute Gasteiger partial charge is 0.326 e. The number of aromatic nitrogens is 2. The van der Waals surface area contributed by atoms with Crippen molar-refractivity contribution < 1.29 is 0 Å². The van der Waals surface area contributed by atoms with E-state index in [0.717, 1.165) is 5.56 Å². The number of nitrogens with one attached hydrogen (secondary N) is 1. The van der Waals surface area contributed by atoms with Crippen molar-refractivity contribution in [3.8, 4) is 0 Å².